The van der Waals surface area contributed by atoms with Crippen molar-refractivity contribution in [2.75, 3.05) is 11.9 Å². The second-order valence-corrected chi connectivity index (χ2v) is 8.32. The van der Waals surface area contributed by atoms with E-state index >= 15 is 0 Å². The molecule has 0 fully saturated rings. The van der Waals surface area contributed by atoms with Crippen molar-refractivity contribution in [3.05, 3.63) is 45.4 Å². The summed E-state index contributed by atoms with van der Waals surface area (Å²) >= 11 is 7.26. The Hall–Kier alpha value is -1.46. The number of para-hydroxylation sites is 1. The molecular weight excluding hydrogens is 334 g/mol. The van der Waals surface area contributed by atoms with Gasteiger partial charge in [-0.15, -0.1) is 11.3 Å². The number of rotatable bonds is 6. The minimum atomic E-state index is 0.453. The normalized spacial score (nSPS) is 11.1. The first-order valence-electron chi connectivity index (χ1n) is 8.47. The third-order valence-electron chi connectivity index (χ3n) is 3.94. The van der Waals surface area contributed by atoms with Crippen molar-refractivity contribution in [2.45, 2.75) is 52.9 Å². The monoisotopic (exact) mass is 361 g/mol. The number of nitrogens with zero attached hydrogens (tertiary/aromatic N) is 1. The molecule has 0 aliphatic heterocycles. The van der Waals surface area contributed by atoms with E-state index in [1.807, 2.05) is 13.1 Å². The summed E-state index contributed by atoms with van der Waals surface area (Å²) in [6.45, 7) is 11.7. The van der Waals surface area contributed by atoms with Crippen LogP contribution in [0.5, 0.6) is 0 Å². The van der Waals surface area contributed by atoms with Gasteiger partial charge in [0.05, 0.1) is 5.01 Å². The maximum absolute atomic E-state index is 5.51. The molecular formula is C19H27N3S2. The van der Waals surface area contributed by atoms with Gasteiger partial charge >= 0.3 is 0 Å². The molecule has 2 rings (SSSR count). The van der Waals surface area contributed by atoms with Gasteiger partial charge in [0.2, 0.25) is 0 Å². The molecule has 1 aromatic heterocycles. The van der Waals surface area contributed by atoms with Crippen molar-refractivity contribution >= 4 is 34.4 Å². The van der Waals surface area contributed by atoms with Gasteiger partial charge in [0.15, 0.2) is 5.11 Å². The molecule has 0 saturated heterocycles. The highest BCUT2D eigenvalue weighted by Crippen LogP contribution is 2.32. The quantitative estimate of drug-likeness (QED) is 0.691. The van der Waals surface area contributed by atoms with Crippen LogP contribution in [0.3, 0.4) is 0 Å². The van der Waals surface area contributed by atoms with Gasteiger partial charge in [-0.3, -0.25) is 0 Å². The zero-order valence-corrected chi connectivity index (χ0v) is 16.8. The minimum Gasteiger partial charge on any atom is -0.362 e. The van der Waals surface area contributed by atoms with Crippen LogP contribution >= 0.6 is 23.6 Å². The lowest BCUT2D eigenvalue weighted by Gasteiger charge is -2.21. The number of aryl methyl sites for hydroxylation is 1. The molecule has 1 heterocycles. The molecule has 0 saturated carbocycles. The summed E-state index contributed by atoms with van der Waals surface area (Å²) in [7, 11) is 0. The number of anilines is 1. The summed E-state index contributed by atoms with van der Waals surface area (Å²) in [5, 5.41) is 8.56. The molecule has 130 valence electrons. The van der Waals surface area contributed by atoms with E-state index < -0.39 is 0 Å². The first kappa shape index (κ1) is 18.9. The molecule has 0 bridgehead atoms. The Morgan fingerprint density at radius 2 is 1.79 bits per heavy atom. The zero-order chi connectivity index (χ0) is 17.7. The van der Waals surface area contributed by atoms with E-state index in [0.717, 1.165) is 23.7 Å². The van der Waals surface area contributed by atoms with Gasteiger partial charge in [0.1, 0.15) is 0 Å². The van der Waals surface area contributed by atoms with Crippen molar-refractivity contribution in [1.82, 2.24) is 10.3 Å². The number of benzene rings is 1. The molecule has 0 unspecified atom stereocenters. The van der Waals surface area contributed by atoms with E-state index in [4.69, 9.17) is 12.2 Å². The Balaban J connectivity index is 2.02. The SMILES string of the molecule is Cc1ncc(CCNC(=S)Nc2c(C(C)C)cccc2C(C)C)s1. The summed E-state index contributed by atoms with van der Waals surface area (Å²) in [6, 6.07) is 6.50. The van der Waals surface area contributed by atoms with Crippen LogP contribution in [-0.4, -0.2) is 16.6 Å². The average molecular weight is 362 g/mol. The molecule has 0 amide bonds. The fourth-order valence-electron chi connectivity index (χ4n) is 2.67. The van der Waals surface area contributed by atoms with E-state index in [-0.39, 0.29) is 0 Å². The molecule has 24 heavy (non-hydrogen) atoms. The molecule has 2 N–H and O–H groups in total. The third kappa shape index (κ3) is 5.02. The van der Waals surface area contributed by atoms with Crippen LogP contribution in [0.4, 0.5) is 5.69 Å². The van der Waals surface area contributed by atoms with Gasteiger partial charge in [-0.2, -0.15) is 0 Å². The molecule has 0 spiro atoms. The van der Waals surface area contributed by atoms with Gasteiger partial charge in [-0.05, 0) is 42.1 Å². The molecule has 1 aromatic carbocycles. The Morgan fingerprint density at radius 1 is 1.17 bits per heavy atom. The summed E-state index contributed by atoms with van der Waals surface area (Å²) < 4.78 is 0. The fourth-order valence-corrected chi connectivity index (χ4v) is 3.67. The van der Waals surface area contributed by atoms with E-state index in [9.17, 15) is 0 Å². The molecule has 0 aliphatic rings. The highest BCUT2D eigenvalue weighted by molar-refractivity contribution is 7.80. The summed E-state index contributed by atoms with van der Waals surface area (Å²) in [5.41, 5.74) is 3.78. The molecule has 0 atom stereocenters. The lowest BCUT2D eigenvalue weighted by atomic mass is 9.93. The van der Waals surface area contributed by atoms with Crippen molar-refractivity contribution in [3.63, 3.8) is 0 Å². The predicted octanol–water partition coefficient (Wildman–Crippen LogP) is 5.23. The number of aromatic nitrogens is 1. The smallest absolute Gasteiger partial charge is 0.170 e. The van der Waals surface area contributed by atoms with Crippen LogP contribution in [-0.2, 0) is 6.42 Å². The maximum atomic E-state index is 5.51. The second-order valence-electron chi connectivity index (χ2n) is 6.60. The van der Waals surface area contributed by atoms with Crippen molar-refractivity contribution < 1.29 is 0 Å². The molecule has 0 radical (unpaired) electrons. The minimum absolute atomic E-state index is 0.453. The number of thiocarbonyl (C=S) groups is 1. The van der Waals surface area contributed by atoms with Crippen LogP contribution in [0.15, 0.2) is 24.4 Å². The Morgan fingerprint density at radius 3 is 2.29 bits per heavy atom. The first-order chi connectivity index (χ1) is 11.4. The summed E-state index contributed by atoms with van der Waals surface area (Å²) in [6.07, 6.45) is 2.89. The van der Waals surface area contributed by atoms with Crippen LogP contribution in [0.2, 0.25) is 0 Å². The highest BCUT2D eigenvalue weighted by atomic mass is 32.1. The molecule has 0 aliphatic carbocycles. The number of hydrogen-bond acceptors (Lipinski definition) is 3. The van der Waals surface area contributed by atoms with E-state index in [2.05, 4.69) is 61.5 Å². The van der Waals surface area contributed by atoms with Crippen molar-refractivity contribution in [3.8, 4) is 0 Å². The highest BCUT2D eigenvalue weighted by Gasteiger charge is 2.14. The molecule has 5 heteroatoms. The van der Waals surface area contributed by atoms with Crippen molar-refractivity contribution in [1.29, 1.82) is 0 Å². The summed E-state index contributed by atoms with van der Waals surface area (Å²) in [4.78, 5) is 5.57. The average Bonchev–Trinajstić information content (AvgIpc) is 2.92. The van der Waals surface area contributed by atoms with E-state index in [0.29, 0.717) is 16.9 Å². The standard InChI is InChI=1S/C19H27N3S2/c1-12(2)16-7-6-8-17(13(3)4)18(16)22-19(23)20-10-9-15-11-21-14(5)24-15/h6-8,11-13H,9-10H2,1-5H3,(H2,20,22,23). The van der Waals surface area contributed by atoms with Gasteiger partial charge in [0, 0.05) is 29.7 Å². The van der Waals surface area contributed by atoms with Crippen LogP contribution in [0.25, 0.3) is 0 Å². The maximum Gasteiger partial charge on any atom is 0.170 e. The number of thiazole rings is 1. The molecule has 3 nitrogen and oxygen atoms in total. The third-order valence-corrected chi connectivity index (χ3v) is 5.16. The van der Waals surface area contributed by atoms with Crippen molar-refractivity contribution in [2.24, 2.45) is 0 Å². The largest absolute Gasteiger partial charge is 0.362 e. The topological polar surface area (TPSA) is 37.0 Å². The Kier molecular flexibility index (Phi) is 6.75. The molecule has 2 aromatic rings. The van der Waals surface area contributed by atoms with E-state index in [1.54, 1.807) is 11.3 Å². The lowest BCUT2D eigenvalue weighted by Crippen LogP contribution is -2.31. The predicted molar refractivity (Wildman–Crippen MR) is 109 cm³/mol. The van der Waals surface area contributed by atoms with Gasteiger partial charge in [-0.1, -0.05) is 45.9 Å². The van der Waals surface area contributed by atoms with Crippen LogP contribution in [0, 0.1) is 6.92 Å². The van der Waals surface area contributed by atoms with Crippen LogP contribution < -0.4 is 10.6 Å². The zero-order valence-electron chi connectivity index (χ0n) is 15.1. The van der Waals surface area contributed by atoms with Gasteiger partial charge < -0.3 is 10.6 Å². The van der Waals surface area contributed by atoms with E-state index in [1.165, 1.54) is 16.0 Å². The second kappa shape index (κ2) is 8.58. The lowest BCUT2D eigenvalue weighted by molar-refractivity contribution is 0.836. The van der Waals surface area contributed by atoms with Gasteiger partial charge in [-0.25, -0.2) is 4.98 Å². The van der Waals surface area contributed by atoms with Crippen LogP contribution in [0.1, 0.15) is 60.5 Å². The number of nitrogens with one attached hydrogen (secondary N) is 2. The Bertz CT molecular complexity index is 663. The first-order valence-corrected chi connectivity index (χ1v) is 9.70. The Labute approximate surface area is 154 Å². The summed E-state index contributed by atoms with van der Waals surface area (Å²) in [5.74, 6) is 0.906. The number of hydrogen-bond donors (Lipinski definition) is 2. The van der Waals surface area contributed by atoms with Gasteiger partial charge in [0.25, 0.3) is 0 Å². The fraction of sp³-hybridized carbons (Fsp3) is 0.474.